The van der Waals surface area contributed by atoms with Gasteiger partial charge in [0.05, 0.1) is 10.9 Å². The van der Waals surface area contributed by atoms with E-state index in [1.54, 1.807) is 12.1 Å². The molecule has 3 aromatic rings. The van der Waals surface area contributed by atoms with Crippen molar-refractivity contribution in [2.24, 2.45) is 0 Å². The van der Waals surface area contributed by atoms with Crippen LogP contribution in [0.5, 0.6) is 0 Å². The van der Waals surface area contributed by atoms with Gasteiger partial charge in [0, 0.05) is 17.0 Å². The highest BCUT2D eigenvalue weighted by atomic mass is 35.5. The third-order valence-electron chi connectivity index (χ3n) is 6.16. The number of aromatic nitrogens is 1. The molecule has 2 aliphatic rings. The van der Waals surface area contributed by atoms with Crippen LogP contribution >= 0.6 is 11.6 Å². The standard InChI is InChI=1S/C23H25ClN2O4S/c1-14(21-11-7-18(29-21)13-31(27,28)19-8-9-19)25-17-5-2-15(3-6-17)23-26-20-12-16(24)4-10-22(20)30-23/h4,7,10-12,15,17,19,25H,1-3,5-6,8-9,13H2. The average molecular weight is 461 g/mol. The second-order valence-corrected chi connectivity index (χ2v) is 11.3. The Labute approximate surface area is 186 Å². The number of halogens is 1. The topological polar surface area (TPSA) is 85.3 Å². The molecule has 0 aliphatic heterocycles. The Morgan fingerprint density at radius 2 is 1.87 bits per heavy atom. The molecule has 2 saturated carbocycles. The fraction of sp³-hybridized carbons (Fsp3) is 0.435. The smallest absolute Gasteiger partial charge is 0.198 e. The molecule has 2 fully saturated rings. The molecule has 6 nitrogen and oxygen atoms in total. The fourth-order valence-electron chi connectivity index (χ4n) is 4.26. The first-order valence-corrected chi connectivity index (χ1v) is 12.8. The van der Waals surface area contributed by atoms with Gasteiger partial charge in [0.25, 0.3) is 0 Å². The number of benzene rings is 1. The minimum Gasteiger partial charge on any atom is -0.458 e. The van der Waals surface area contributed by atoms with E-state index in [2.05, 4.69) is 16.9 Å². The van der Waals surface area contributed by atoms with Gasteiger partial charge in [0.15, 0.2) is 21.3 Å². The van der Waals surface area contributed by atoms with Crippen LogP contribution < -0.4 is 5.32 Å². The molecule has 0 unspecified atom stereocenters. The third-order valence-corrected chi connectivity index (χ3v) is 8.56. The maximum absolute atomic E-state index is 12.2. The molecular formula is C23H25ClN2O4S. The SMILES string of the molecule is C=C(NC1CCC(c2nc3cc(Cl)ccc3o2)CC1)c1ccc(CS(=O)(=O)C2CC2)o1. The Bertz CT molecular complexity index is 1220. The highest BCUT2D eigenvalue weighted by molar-refractivity contribution is 7.91. The van der Waals surface area contributed by atoms with Crippen LogP contribution in [0.4, 0.5) is 0 Å². The lowest BCUT2D eigenvalue weighted by molar-refractivity contribution is 0.328. The van der Waals surface area contributed by atoms with E-state index in [-0.39, 0.29) is 17.0 Å². The van der Waals surface area contributed by atoms with Gasteiger partial charge in [-0.15, -0.1) is 0 Å². The second kappa shape index (κ2) is 8.02. The highest BCUT2D eigenvalue weighted by Crippen LogP contribution is 2.35. The van der Waals surface area contributed by atoms with Crippen molar-refractivity contribution >= 4 is 38.2 Å². The third kappa shape index (κ3) is 4.53. The Hall–Kier alpha value is -2.25. The van der Waals surface area contributed by atoms with Gasteiger partial charge in [-0.1, -0.05) is 18.2 Å². The summed E-state index contributed by atoms with van der Waals surface area (Å²) < 4.78 is 36.0. The first-order valence-electron chi connectivity index (χ1n) is 10.7. The number of hydrogen-bond acceptors (Lipinski definition) is 6. The summed E-state index contributed by atoms with van der Waals surface area (Å²) in [6, 6.07) is 9.31. The zero-order valence-electron chi connectivity index (χ0n) is 17.1. The van der Waals surface area contributed by atoms with E-state index in [1.165, 1.54) is 0 Å². The van der Waals surface area contributed by atoms with Crippen molar-refractivity contribution in [3.05, 3.63) is 59.3 Å². The molecule has 8 heteroatoms. The molecule has 0 saturated heterocycles. The maximum atomic E-state index is 12.2. The number of hydrogen-bond donors (Lipinski definition) is 1. The molecule has 31 heavy (non-hydrogen) atoms. The minimum absolute atomic E-state index is 0.0359. The number of furan rings is 1. The van der Waals surface area contributed by atoms with Crippen LogP contribution in [0.1, 0.15) is 61.9 Å². The van der Waals surface area contributed by atoms with Gasteiger partial charge in [-0.25, -0.2) is 13.4 Å². The van der Waals surface area contributed by atoms with E-state index in [4.69, 9.17) is 20.4 Å². The molecule has 0 amide bonds. The molecule has 164 valence electrons. The van der Waals surface area contributed by atoms with Crippen molar-refractivity contribution in [3.8, 4) is 0 Å². The summed E-state index contributed by atoms with van der Waals surface area (Å²) >= 11 is 6.05. The number of rotatable bonds is 7. The summed E-state index contributed by atoms with van der Waals surface area (Å²) in [6.45, 7) is 4.09. The summed E-state index contributed by atoms with van der Waals surface area (Å²) in [5, 5.41) is 3.92. The predicted octanol–water partition coefficient (Wildman–Crippen LogP) is 5.44. The summed E-state index contributed by atoms with van der Waals surface area (Å²) in [7, 11) is -3.09. The molecule has 0 bridgehead atoms. The molecule has 0 atom stereocenters. The zero-order valence-corrected chi connectivity index (χ0v) is 18.7. The van der Waals surface area contributed by atoms with E-state index in [0.717, 1.165) is 55.5 Å². The van der Waals surface area contributed by atoms with Crippen molar-refractivity contribution in [1.82, 2.24) is 10.3 Å². The Morgan fingerprint density at radius 1 is 1.10 bits per heavy atom. The van der Waals surface area contributed by atoms with Gasteiger partial charge in [0.1, 0.15) is 22.8 Å². The van der Waals surface area contributed by atoms with E-state index in [1.807, 2.05) is 18.2 Å². The first-order chi connectivity index (χ1) is 14.9. The molecular weight excluding hydrogens is 436 g/mol. The fourth-order valence-corrected chi connectivity index (χ4v) is 6.06. The average Bonchev–Trinajstić information content (AvgIpc) is 3.38. The molecule has 2 aromatic heterocycles. The molecule has 2 aliphatic carbocycles. The van der Waals surface area contributed by atoms with E-state index in [9.17, 15) is 8.42 Å². The summed E-state index contributed by atoms with van der Waals surface area (Å²) in [4.78, 5) is 4.63. The summed E-state index contributed by atoms with van der Waals surface area (Å²) in [5.74, 6) is 2.11. The van der Waals surface area contributed by atoms with Gasteiger partial charge < -0.3 is 14.2 Å². The predicted molar refractivity (Wildman–Crippen MR) is 121 cm³/mol. The van der Waals surface area contributed by atoms with E-state index < -0.39 is 9.84 Å². The maximum Gasteiger partial charge on any atom is 0.198 e. The number of nitrogens with zero attached hydrogens (tertiary/aromatic N) is 1. The largest absolute Gasteiger partial charge is 0.458 e. The first kappa shape index (κ1) is 20.6. The van der Waals surface area contributed by atoms with Crippen molar-refractivity contribution < 1.29 is 17.3 Å². The summed E-state index contributed by atoms with van der Waals surface area (Å²) in [5.41, 5.74) is 2.26. The van der Waals surface area contributed by atoms with Gasteiger partial charge in [-0.2, -0.15) is 0 Å². The van der Waals surface area contributed by atoms with Crippen LogP contribution in [-0.2, 0) is 15.6 Å². The molecule has 2 heterocycles. The van der Waals surface area contributed by atoms with E-state index in [0.29, 0.717) is 28.2 Å². The van der Waals surface area contributed by atoms with Crippen LogP contribution in [-0.4, -0.2) is 24.7 Å². The van der Waals surface area contributed by atoms with Crippen molar-refractivity contribution in [2.45, 2.75) is 61.5 Å². The van der Waals surface area contributed by atoms with Gasteiger partial charge >= 0.3 is 0 Å². The Balaban J connectivity index is 1.16. The Kier molecular flexibility index (Phi) is 5.34. The molecule has 0 radical (unpaired) electrons. The van der Waals surface area contributed by atoms with Crippen LogP contribution in [0.3, 0.4) is 0 Å². The number of nitrogens with one attached hydrogen (secondary N) is 1. The van der Waals surface area contributed by atoms with Gasteiger partial charge in [-0.05, 0) is 68.9 Å². The molecule has 1 aromatic carbocycles. The minimum atomic E-state index is -3.09. The number of sulfone groups is 1. The molecule has 1 N–H and O–H groups in total. The number of oxazole rings is 1. The second-order valence-electron chi connectivity index (χ2n) is 8.61. The van der Waals surface area contributed by atoms with Crippen LogP contribution in [0.2, 0.25) is 5.02 Å². The van der Waals surface area contributed by atoms with Crippen LogP contribution in [0.25, 0.3) is 16.8 Å². The van der Waals surface area contributed by atoms with Gasteiger partial charge in [-0.3, -0.25) is 0 Å². The van der Waals surface area contributed by atoms with Gasteiger partial charge in [0.2, 0.25) is 0 Å². The molecule has 0 spiro atoms. The lowest BCUT2D eigenvalue weighted by atomic mass is 9.86. The van der Waals surface area contributed by atoms with Crippen molar-refractivity contribution in [3.63, 3.8) is 0 Å². The number of fused-ring (bicyclic) bond motifs is 1. The zero-order chi connectivity index (χ0) is 21.6. The monoisotopic (exact) mass is 460 g/mol. The summed E-state index contributed by atoms with van der Waals surface area (Å²) in [6.07, 6.45) is 5.40. The normalized spacial score (nSPS) is 22.0. The van der Waals surface area contributed by atoms with Crippen molar-refractivity contribution in [2.75, 3.05) is 0 Å². The Morgan fingerprint density at radius 3 is 2.61 bits per heavy atom. The van der Waals surface area contributed by atoms with Crippen LogP contribution in [0.15, 0.2) is 45.7 Å². The van der Waals surface area contributed by atoms with Crippen molar-refractivity contribution in [1.29, 1.82) is 0 Å². The lowest BCUT2D eigenvalue weighted by Crippen LogP contribution is -2.31. The quantitative estimate of drug-likeness (QED) is 0.505. The highest BCUT2D eigenvalue weighted by Gasteiger charge is 2.36. The van der Waals surface area contributed by atoms with Crippen LogP contribution in [0, 0.1) is 0 Å². The molecule has 5 rings (SSSR count). The van der Waals surface area contributed by atoms with E-state index >= 15 is 0 Å². The lowest BCUT2D eigenvalue weighted by Gasteiger charge is -2.28.